The van der Waals surface area contributed by atoms with Gasteiger partial charge in [-0.25, -0.2) is 13.9 Å². The van der Waals surface area contributed by atoms with Gasteiger partial charge in [-0.3, -0.25) is 4.79 Å². The highest BCUT2D eigenvalue weighted by atomic mass is 19.3. The van der Waals surface area contributed by atoms with Crippen molar-refractivity contribution in [2.45, 2.75) is 50.4 Å². The first kappa shape index (κ1) is 14.5. The second-order valence-electron chi connectivity index (χ2n) is 6.72. The average Bonchev–Trinajstić information content (AvgIpc) is 2.96. The lowest BCUT2D eigenvalue weighted by atomic mass is 9.55. The number of alkyl halides is 2. The topological polar surface area (TPSA) is 84.7 Å². The van der Waals surface area contributed by atoms with E-state index in [1.54, 1.807) is 0 Å². The third-order valence-electron chi connectivity index (χ3n) is 5.10. The van der Waals surface area contributed by atoms with E-state index in [2.05, 4.69) is 20.3 Å². The van der Waals surface area contributed by atoms with E-state index in [0.29, 0.717) is 30.3 Å². The van der Waals surface area contributed by atoms with Crippen LogP contribution in [0.5, 0.6) is 0 Å². The Morgan fingerprint density at radius 3 is 2.57 bits per heavy atom. The Labute approximate surface area is 130 Å². The van der Waals surface area contributed by atoms with E-state index in [4.69, 9.17) is 4.52 Å². The van der Waals surface area contributed by atoms with E-state index in [1.165, 1.54) is 12.1 Å². The highest BCUT2D eigenvalue weighted by molar-refractivity contribution is 5.46. The van der Waals surface area contributed by atoms with E-state index in [0.717, 1.165) is 12.8 Å². The summed E-state index contributed by atoms with van der Waals surface area (Å²) in [6, 6.07) is 2.87. The van der Waals surface area contributed by atoms with Crippen molar-refractivity contribution in [2.75, 3.05) is 0 Å². The number of aromatic amines is 1. The summed E-state index contributed by atoms with van der Waals surface area (Å²) in [6.45, 7) is 0. The lowest BCUT2D eigenvalue weighted by Gasteiger charge is -2.50. The molecule has 2 aliphatic rings. The molecule has 0 atom stereocenters. The van der Waals surface area contributed by atoms with Crippen molar-refractivity contribution in [3.8, 4) is 11.5 Å². The highest BCUT2D eigenvalue weighted by Crippen LogP contribution is 2.60. The summed E-state index contributed by atoms with van der Waals surface area (Å²) in [5, 5.41) is 10.1. The fourth-order valence-corrected chi connectivity index (χ4v) is 3.69. The molecule has 2 heterocycles. The molecule has 2 saturated carbocycles. The molecule has 122 valence electrons. The number of aromatic nitrogens is 4. The van der Waals surface area contributed by atoms with Crippen LogP contribution in [0.2, 0.25) is 0 Å². The van der Waals surface area contributed by atoms with Gasteiger partial charge in [0.2, 0.25) is 17.6 Å². The van der Waals surface area contributed by atoms with E-state index in [-0.39, 0.29) is 29.7 Å². The number of H-pyrrole nitrogens is 1. The molecule has 2 fully saturated rings. The lowest BCUT2D eigenvalue weighted by Crippen LogP contribution is -2.42. The van der Waals surface area contributed by atoms with Gasteiger partial charge in [0.05, 0.1) is 0 Å². The first-order chi connectivity index (χ1) is 10.9. The van der Waals surface area contributed by atoms with Gasteiger partial charge < -0.3 is 4.52 Å². The van der Waals surface area contributed by atoms with Crippen molar-refractivity contribution in [2.24, 2.45) is 5.41 Å². The van der Waals surface area contributed by atoms with E-state index in [1.807, 2.05) is 0 Å². The summed E-state index contributed by atoms with van der Waals surface area (Å²) >= 11 is 0. The van der Waals surface area contributed by atoms with Crippen LogP contribution >= 0.6 is 0 Å². The summed E-state index contributed by atoms with van der Waals surface area (Å²) in [5.41, 5.74) is 0.162. The molecule has 4 rings (SSSR count). The molecule has 23 heavy (non-hydrogen) atoms. The minimum Gasteiger partial charge on any atom is -0.339 e. The number of halogens is 2. The van der Waals surface area contributed by atoms with E-state index >= 15 is 0 Å². The van der Waals surface area contributed by atoms with Crippen LogP contribution < -0.4 is 5.56 Å². The van der Waals surface area contributed by atoms with Crippen LogP contribution in [0.15, 0.2) is 21.5 Å². The zero-order valence-electron chi connectivity index (χ0n) is 12.4. The van der Waals surface area contributed by atoms with Crippen LogP contribution in [0, 0.1) is 5.41 Å². The molecule has 2 aromatic rings. The predicted octanol–water partition coefficient (Wildman–Crippen LogP) is 2.89. The molecule has 0 aliphatic heterocycles. The first-order valence-corrected chi connectivity index (χ1v) is 7.72. The zero-order valence-corrected chi connectivity index (χ0v) is 12.4. The third-order valence-corrected chi connectivity index (χ3v) is 5.10. The van der Waals surface area contributed by atoms with E-state index < -0.39 is 5.92 Å². The number of nitrogens with zero attached hydrogens (tertiary/aromatic N) is 3. The maximum absolute atomic E-state index is 13.3. The highest BCUT2D eigenvalue weighted by Gasteiger charge is 2.52. The Balaban J connectivity index is 1.43. The van der Waals surface area contributed by atoms with Crippen molar-refractivity contribution in [3.05, 3.63) is 28.4 Å². The van der Waals surface area contributed by atoms with Crippen molar-refractivity contribution >= 4 is 0 Å². The quantitative estimate of drug-likeness (QED) is 0.919. The summed E-state index contributed by atoms with van der Waals surface area (Å²) in [6.07, 6.45) is 2.75. The molecule has 0 unspecified atom stereocenters. The molecule has 0 aromatic carbocycles. The standard InChI is InChI=1S/C15H16F2N4O2/c16-15(17)5-3-14(4-6-15)7-9(8-14)13-18-12(21-23-13)10-1-2-11(22)20-19-10/h1-2,9H,3-8H2,(H,20,22). The van der Waals surface area contributed by atoms with Crippen molar-refractivity contribution in [1.29, 1.82) is 0 Å². The van der Waals surface area contributed by atoms with Crippen LogP contribution in [-0.2, 0) is 0 Å². The lowest BCUT2D eigenvalue weighted by molar-refractivity contribution is -0.0938. The van der Waals surface area contributed by atoms with Crippen molar-refractivity contribution < 1.29 is 13.3 Å². The molecule has 1 N–H and O–H groups in total. The van der Waals surface area contributed by atoms with Gasteiger partial charge >= 0.3 is 0 Å². The molecule has 6 nitrogen and oxygen atoms in total. The maximum Gasteiger partial charge on any atom is 0.264 e. The molecule has 0 radical (unpaired) electrons. The molecule has 2 aliphatic carbocycles. The second-order valence-corrected chi connectivity index (χ2v) is 6.72. The molecule has 8 heteroatoms. The minimum absolute atomic E-state index is 0.0178. The van der Waals surface area contributed by atoms with Gasteiger partial charge in [-0.1, -0.05) is 5.16 Å². The molecule has 0 amide bonds. The van der Waals surface area contributed by atoms with Crippen LogP contribution in [0.4, 0.5) is 8.78 Å². The fraction of sp³-hybridized carbons (Fsp3) is 0.600. The smallest absolute Gasteiger partial charge is 0.264 e. The zero-order chi connectivity index (χ0) is 16.1. The normalized spacial score (nSPS) is 22.9. The Hall–Kier alpha value is -2.12. The number of hydrogen-bond acceptors (Lipinski definition) is 5. The summed E-state index contributed by atoms with van der Waals surface area (Å²) < 4.78 is 31.8. The maximum atomic E-state index is 13.3. The monoisotopic (exact) mass is 322 g/mol. The molecular formula is C15H16F2N4O2. The summed E-state index contributed by atoms with van der Waals surface area (Å²) in [5.74, 6) is -1.52. The van der Waals surface area contributed by atoms with Crippen LogP contribution in [0.1, 0.15) is 50.3 Å². The van der Waals surface area contributed by atoms with Gasteiger partial charge in [0.1, 0.15) is 5.69 Å². The van der Waals surface area contributed by atoms with E-state index in [9.17, 15) is 13.6 Å². The predicted molar refractivity (Wildman–Crippen MR) is 76.0 cm³/mol. The van der Waals surface area contributed by atoms with Crippen molar-refractivity contribution in [3.63, 3.8) is 0 Å². The Kier molecular flexibility index (Phi) is 3.11. The molecular weight excluding hydrogens is 306 g/mol. The largest absolute Gasteiger partial charge is 0.339 e. The fourth-order valence-electron chi connectivity index (χ4n) is 3.69. The first-order valence-electron chi connectivity index (χ1n) is 7.72. The molecule has 1 spiro atoms. The average molecular weight is 322 g/mol. The number of nitrogens with one attached hydrogen (secondary N) is 1. The van der Waals surface area contributed by atoms with Gasteiger partial charge in [0.15, 0.2) is 0 Å². The van der Waals surface area contributed by atoms with Gasteiger partial charge in [-0.05, 0) is 37.2 Å². The summed E-state index contributed by atoms with van der Waals surface area (Å²) in [7, 11) is 0. The minimum atomic E-state index is -2.50. The Morgan fingerprint density at radius 1 is 1.17 bits per heavy atom. The number of rotatable bonds is 2. The van der Waals surface area contributed by atoms with Gasteiger partial charge in [0.25, 0.3) is 5.56 Å². The second kappa shape index (κ2) is 4.94. The van der Waals surface area contributed by atoms with Crippen LogP contribution in [0.3, 0.4) is 0 Å². The van der Waals surface area contributed by atoms with Gasteiger partial charge in [0, 0.05) is 24.8 Å². The Morgan fingerprint density at radius 2 is 1.91 bits per heavy atom. The summed E-state index contributed by atoms with van der Waals surface area (Å²) in [4.78, 5) is 15.3. The SMILES string of the molecule is O=c1ccc(-c2noc(C3CC4(CCC(F)(F)CC4)C3)n2)n[nH]1. The van der Waals surface area contributed by atoms with Gasteiger partial charge in [-0.15, -0.1) is 0 Å². The van der Waals surface area contributed by atoms with Crippen LogP contribution in [0.25, 0.3) is 11.5 Å². The molecule has 0 saturated heterocycles. The van der Waals surface area contributed by atoms with Gasteiger partial charge in [-0.2, -0.15) is 10.1 Å². The Bertz CT molecular complexity index is 747. The third kappa shape index (κ3) is 2.66. The number of hydrogen-bond donors (Lipinski definition) is 1. The van der Waals surface area contributed by atoms with Crippen molar-refractivity contribution in [1.82, 2.24) is 20.3 Å². The molecule has 2 aromatic heterocycles. The van der Waals surface area contributed by atoms with Crippen LogP contribution in [-0.4, -0.2) is 26.3 Å². The molecule has 0 bridgehead atoms.